The minimum atomic E-state index is -3.65. The number of aliphatic hydroxyl groups excluding tert-OH is 1. The molecule has 1 fully saturated rings. The van der Waals surface area contributed by atoms with Gasteiger partial charge in [-0.2, -0.15) is 0 Å². The van der Waals surface area contributed by atoms with Gasteiger partial charge in [-0.05, 0) is 54.6 Å². The van der Waals surface area contributed by atoms with Crippen LogP contribution in [0.1, 0.15) is 30.0 Å². The highest BCUT2D eigenvalue weighted by Crippen LogP contribution is 2.60. The van der Waals surface area contributed by atoms with Gasteiger partial charge in [-0.3, -0.25) is 29.4 Å². The van der Waals surface area contributed by atoms with Crippen LogP contribution < -0.4 is 9.80 Å². The Hall–Kier alpha value is -5.24. The van der Waals surface area contributed by atoms with E-state index in [1.807, 2.05) is 60.7 Å². The van der Waals surface area contributed by atoms with Crippen LogP contribution in [0.15, 0.2) is 103 Å². The number of nitrogens with zero attached hydrogens (tertiary/aromatic N) is 4. The van der Waals surface area contributed by atoms with Crippen LogP contribution in [-0.4, -0.2) is 60.8 Å². The number of amides is 3. The molecule has 2 heterocycles. The van der Waals surface area contributed by atoms with E-state index in [4.69, 9.17) is 4.74 Å². The smallest absolute Gasteiger partial charge is 0.269 e. The fourth-order valence-corrected chi connectivity index (χ4v) is 10.3. The topological polar surface area (TPSA) is 134 Å². The monoisotopic (exact) mass is 724 g/mol. The van der Waals surface area contributed by atoms with Crippen molar-refractivity contribution in [3.8, 4) is 0 Å². The first-order valence-corrected chi connectivity index (χ1v) is 20.1. The summed E-state index contributed by atoms with van der Waals surface area (Å²) in [6.07, 6.45) is -0.524. The van der Waals surface area contributed by atoms with Gasteiger partial charge in [0.25, 0.3) is 11.6 Å². The van der Waals surface area contributed by atoms with Crippen LogP contribution in [0, 0.1) is 16.0 Å². The third kappa shape index (κ3) is 6.86. The molecule has 1 N–H and O–H groups in total. The minimum Gasteiger partial charge on any atom is -0.395 e. The molecule has 4 atom stereocenters. The number of ether oxygens (including phenoxy) is 1. The molecule has 2 aliphatic rings. The van der Waals surface area contributed by atoms with Crippen molar-refractivity contribution in [2.24, 2.45) is 5.92 Å². The normalized spacial score (nSPS) is 20.9. The van der Waals surface area contributed by atoms with Gasteiger partial charge in [0.1, 0.15) is 0 Å². The molecule has 13 heteroatoms. The second-order valence-corrected chi connectivity index (χ2v) is 17.6. The molecular formula is C39H41FN4O7Si. The molecule has 0 saturated carbocycles. The van der Waals surface area contributed by atoms with Crippen molar-refractivity contribution in [1.82, 2.24) is 4.90 Å². The lowest BCUT2D eigenvalue weighted by Gasteiger charge is -2.31. The first-order valence-electron chi connectivity index (χ1n) is 17.2. The highest BCUT2D eigenvalue weighted by molar-refractivity contribution is 6.72. The maximum Gasteiger partial charge on any atom is 0.269 e. The Labute approximate surface area is 302 Å². The van der Waals surface area contributed by atoms with Crippen molar-refractivity contribution in [2.45, 2.75) is 56.8 Å². The number of non-ortho nitro benzene ring substituents is 1. The van der Waals surface area contributed by atoms with Crippen molar-refractivity contribution in [3.05, 3.63) is 130 Å². The average molecular weight is 725 g/mol. The number of anilines is 3. The molecule has 4 aromatic carbocycles. The molecule has 6 rings (SSSR count). The maximum absolute atomic E-state index is 16.4. The molecule has 0 aliphatic carbocycles. The van der Waals surface area contributed by atoms with Gasteiger partial charge in [0, 0.05) is 53.6 Å². The van der Waals surface area contributed by atoms with Crippen molar-refractivity contribution in [3.63, 3.8) is 0 Å². The Morgan fingerprint density at radius 3 is 2.23 bits per heavy atom. The zero-order chi connectivity index (χ0) is 37.2. The molecule has 270 valence electrons. The minimum absolute atomic E-state index is 0.0543. The van der Waals surface area contributed by atoms with E-state index in [1.165, 1.54) is 46.0 Å². The summed E-state index contributed by atoms with van der Waals surface area (Å²) in [6, 6.07) is 29.7. The molecule has 1 spiro atoms. The van der Waals surface area contributed by atoms with Gasteiger partial charge >= 0.3 is 0 Å². The second kappa shape index (κ2) is 14.8. The number of nitro benzene ring substituents is 1. The zero-order valence-corrected chi connectivity index (χ0v) is 30.2. The second-order valence-electron chi connectivity index (χ2n) is 13.8. The Morgan fingerprint density at radius 2 is 1.63 bits per heavy atom. The summed E-state index contributed by atoms with van der Waals surface area (Å²) in [5.74, 6) is -1.63. The number of carbonyl (C=O) groups is 3. The number of rotatable bonds is 13. The van der Waals surface area contributed by atoms with Crippen LogP contribution in [0.25, 0.3) is 0 Å². The number of nitro groups is 1. The van der Waals surface area contributed by atoms with Gasteiger partial charge in [0.15, 0.2) is 5.60 Å². The number of para-hydroxylation sites is 1. The third-order valence-electron chi connectivity index (χ3n) is 10.2. The molecular weight excluding hydrogens is 684 g/mol. The number of hydrogen-bond acceptors (Lipinski definition) is 7. The van der Waals surface area contributed by atoms with Crippen LogP contribution in [-0.2, 0) is 37.8 Å². The Morgan fingerprint density at radius 1 is 1.00 bits per heavy atom. The molecule has 3 amide bonds. The first-order chi connectivity index (χ1) is 24.9. The molecule has 0 aromatic heterocycles. The van der Waals surface area contributed by atoms with Crippen molar-refractivity contribution < 1.29 is 33.3 Å². The lowest BCUT2D eigenvalue weighted by Crippen LogP contribution is -2.45. The predicted octanol–water partition coefficient (Wildman–Crippen LogP) is 6.62. The summed E-state index contributed by atoms with van der Waals surface area (Å²) >= 11 is 0. The molecule has 52 heavy (non-hydrogen) atoms. The number of carbonyl (C=O) groups excluding carboxylic acids is 3. The van der Waals surface area contributed by atoms with Gasteiger partial charge in [0.05, 0.1) is 36.3 Å². The zero-order valence-electron chi connectivity index (χ0n) is 29.2. The van der Waals surface area contributed by atoms with Gasteiger partial charge in [-0.15, -0.1) is 0 Å². The molecule has 2 aliphatic heterocycles. The average Bonchev–Trinajstić information content (AvgIpc) is 3.55. The van der Waals surface area contributed by atoms with E-state index in [1.54, 1.807) is 31.2 Å². The quantitative estimate of drug-likeness (QED) is 0.0539. The first kappa shape index (κ1) is 36.5. The summed E-state index contributed by atoms with van der Waals surface area (Å²) in [6.45, 7) is 4.85. The Kier molecular flexibility index (Phi) is 10.4. The van der Waals surface area contributed by atoms with Gasteiger partial charge in [-0.25, -0.2) is 0 Å². The fraction of sp³-hybridized carbons (Fsp3) is 0.308. The lowest BCUT2D eigenvalue weighted by atomic mass is 9.82. The summed E-state index contributed by atoms with van der Waals surface area (Å²) in [5, 5.41) is 21.8. The number of hydrogen-bond donors (Lipinski definition) is 1. The molecule has 1 saturated heterocycles. The molecule has 0 bridgehead atoms. The van der Waals surface area contributed by atoms with Crippen molar-refractivity contribution in [1.29, 1.82) is 0 Å². The summed E-state index contributed by atoms with van der Waals surface area (Å²) in [4.78, 5) is 56.6. The largest absolute Gasteiger partial charge is 0.395 e. The van der Waals surface area contributed by atoms with Crippen LogP contribution in [0.3, 0.4) is 0 Å². The molecule has 0 unspecified atom stereocenters. The van der Waals surface area contributed by atoms with Crippen LogP contribution >= 0.6 is 0 Å². The summed E-state index contributed by atoms with van der Waals surface area (Å²) in [7, 11) is -3.65. The van der Waals surface area contributed by atoms with Crippen LogP contribution in [0.2, 0.25) is 18.6 Å². The van der Waals surface area contributed by atoms with Crippen molar-refractivity contribution in [2.75, 3.05) is 23.0 Å². The summed E-state index contributed by atoms with van der Waals surface area (Å²) < 4.78 is 23.1. The van der Waals surface area contributed by atoms with Gasteiger partial charge in [-0.1, -0.05) is 67.6 Å². The van der Waals surface area contributed by atoms with Gasteiger partial charge in [0.2, 0.25) is 20.7 Å². The maximum atomic E-state index is 16.4. The molecule has 4 aromatic rings. The highest BCUT2D eigenvalue weighted by Gasteiger charge is 2.67. The number of benzene rings is 4. The standard InChI is InChI=1S/C39H41FN4O7Si/c1-27-37(52(2,3)40)35(23-36(47)41(20-21-45)24-28-10-6-4-7-11-28)51-39(27)33-22-32(44(49)50)18-19-34(33)42(38(39)48)25-29-14-16-31(17-15-29)43(26-46)30-12-8-5-9-13-30/h4-19,22,26-27,35,37,45H,20-21,23-25H2,1-3H3/t27-,35+,37-,39+/m0/s1. The Bertz CT molecular complexity index is 1940. The molecule has 11 nitrogen and oxygen atoms in total. The van der Waals surface area contributed by atoms with Gasteiger partial charge < -0.3 is 23.8 Å². The van der Waals surface area contributed by atoms with E-state index in [2.05, 4.69) is 0 Å². The summed E-state index contributed by atoms with van der Waals surface area (Å²) in [5.41, 5.74) is 0.703. The third-order valence-corrected chi connectivity index (χ3v) is 12.6. The Balaban J connectivity index is 1.34. The lowest BCUT2D eigenvalue weighted by molar-refractivity contribution is -0.385. The number of aliphatic hydroxyl groups is 1. The highest BCUT2D eigenvalue weighted by atomic mass is 28.4. The van der Waals surface area contributed by atoms with E-state index < -0.39 is 42.4 Å². The van der Waals surface area contributed by atoms with Crippen LogP contribution in [0.4, 0.5) is 26.9 Å². The van der Waals surface area contributed by atoms with E-state index in [9.17, 15) is 29.6 Å². The fourth-order valence-electron chi connectivity index (χ4n) is 7.83. The number of fused-ring (bicyclic) bond motifs is 2. The van der Waals surface area contributed by atoms with E-state index >= 15 is 4.11 Å². The number of halogens is 1. The predicted molar refractivity (Wildman–Crippen MR) is 197 cm³/mol. The van der Waals surface area contributed by atoms with Crippen molar-refractivity contribution >= 4 is 49.4 Å². The van der Waals surface area contributed by atoms with E-state index in [-0.39, 0.29) is 49.8 Å². The van der Waals surface area contributed by atoms with E-state index in [0.29, 0.717) is 22.6 Å². The van der Waals surface area contributed by atoms with Crippen LogP contribution in [0.5, 0.6) is 0 Å². The SMILES string of the molecule is C[C@H]1[C@H]([Si](C)(C)F)[C@@H](CC(=O)N(CCO)Cc2ccccc2)O[C@]12C(=O)N(Cc1ccc(N(C=O)c3ccccc3)cc1)c1ccc([N+](=O)[O-])cc12. The molecule has 0 radical (unpaired) electrons. The van der Waals surface area contributed by atoms with E-state index in [0.717, 1.165) is 12.0 Å².